The van der Waals surface area contributed by atoms with Crippen molar-refractivity contribution >= 4 is 16.1 Å². The molecule has 2 heterocycles. The Morgan fingerprint density at radius 2 is 1.88 bits per heavy atom. The van der Waals surface area contributed by atoms with Crippen LogP contribution in [0.15, 0.2) is 18.2 Å². The number of amides is 1. The molecule has 7 nitrogen and oxygen atoms in total. The smallest absolute Gasteiger partial charge is 0.281 e. The maximum Gasteiger partial charge on any atom is 0.281 e. The van der Waals surface area contributed by atoms with Crippen LogP contribution in [0, 0.1) is 0 Å². The highest BCUT2D eigenvalue weighted by molar-refractivity contribution is 7.86. The molecule has 1 saturated heterocycles. The van der Waals surface area contributed by atoms with E-state index in [0.29, 0.717) is 31.7 Å². The molecule has 1 amide bonds. The lowest BCUT2D eigenvalue weighted by Gasteiger charge is -2.35. The highest BCUT2D eigenvalue weighted by Crippen LogP contribution is 2.26. The second-order valence-electron chi connectivity index (χ2n) is 6.26. The molecule has 0 saturated carbocycles. The fourth-order valence-corrected chi connectivity index (χ4v) is 4.12. The zero-order valence-corrected chi connectivity index (χ0v) is 14.9. The number of nitrogens with zero attached hydrogens (tertiary/aromatic N) is 3. The molecule has 0 radical (unpaired) electrons. The van der Waals surface area contributed by atoms with Crippen LogP contribution in [-0.4, -0.2) is 74.7 Å². The lowest BCUT2D eigenvalue weighted by molar-refractivity contribution is 0.0695. The van der Waals surface area contributed by atoms with Crippen molar-refractivity contribution in [2.24, 2.45) is 0 Å². The predicted molar refractivity (Wildman–Crippen MR) is 90.3 cm³/mol. The summed E-state index contributed by atoms with van der Waals surface area (Å²) in [6.45, 7) is 2.17. The Kier molecular flexibility index (Phi) is 4.80. The molecule has 2 aliphatic rings. The fraction of sp³-hybridized carbons (Fsp3) is 0.562. The Morgan fingerprint density at radius 1 is 1.17 bits per heavy atom. The molecule has 24 heavy (non-hydrogen) atoms. The van der Waals surface area contributed by atoms with Crippen molar-refractivity contribution in [2.45, 2.75) is 12.8 Å². The normalized spacial score (nSPS) is 19.0. The van der Waals surface area contributed by atoms with Gasteiger partial charge in [0.25, 0.3) is 16.1 Å². The van der Waals surface area contributed by atoms with Crippen LogP contribution < -0.4 is 4.74 Å². The Morgan fingerprint density at radius 3 is 2.54 bits per heavy atom. The third-order valence-corrected chi connectivity index (χ3v) is 6.41. The van der Waals surface area contributed by atoms with Gasteiger partial charge in [-0.25, -0.2) is 0 Å². The third-order valence-electron chi connectivity index (χ3n) is 4.47. The van der Waals surface area contributed by atoms with Gasteiger partial charge in [-0.05, 0) is 36.6 Å². The zero-order valence-electron chi connectivity index (χ0n) is 14.1. The van der Waals surface area contributed by atoms with Gasteiger partial charge < -0.3 is 9.64 Å². The maximum atomic E-state index is 12.7. The largest absolute Gasteiger partial charge is 0.493 e. The summed E-state index contributed by atoms with van der Waals surface area (Å²) in [5, 5.41) is 0. The van der Waals surface area contributed by atoms with Gasteiger partial charge in [-0.2, -0.15) is 17.0 Å². The van der Waals surface area contributed by atoms with Crippen LogP contribution in [0.25, 0.3) is 0 Å². The Hall–Kier alpha value is -1.64. The van der Waals surface area contributed by atoms with Gasteiger partial charge in [-0.1, -0.05) is 0 Å². The van der Waals surface area contributed by atoms with Gasteiger partial charge in [0, 0.05) is 45.8 Å². The standard InChI is InChI=1S/C16H23N3O4S/c1-17(2)24(21,22)19-9-7-18(8-10-19)16(20)14-5-6-15-13(12-14)4-3-11-23-15/h5-6,12H,3-4,7-11H2,1-2H3. The number of carbonyl (C=O) groups excluding carboxylic acids is 1. The van der Waals surface area contributed by atoms with Crippen molar-refractivity contribution in [3.05, 3.63) is 29.3 Å². The quantitative estimate of drug-likeness (QED) is 0.797. The van der Waals surface area contributed by atoms with E-state index in [9.17, 15) is 13.2 Å². The summed E-state index contributed by atoms with van der Waals surface area (Å²) in [4.78, 5) is 14.4. The Bertz CT molecular complexity index is 725. The minimum Gasteiger partial charge on any atom is -0.493 e. The molecule has 3 rings (SSSR count). The van der Waals surface area contributed by atoms with E-state index in [1.165, 1.54) is 22.7 Å². The van der Waals surface area contributed by atoms with Crippen molar-refractivity contribution in [3.63, 3.8) is 0 Å². The van der Waals surface area contributed by atoms with Crippen LogP contribution in [0.3, 0.4) is 0 Å². The Labute approximate surface area is 143 Å². The number of piperazine rings is 1. The van der Waals surface area contributed by atoms with Gasteiger partial charge in [-0.3, -0.25) is 4.79 Å². The van der Waals surface area contributed by atoms with Crippen molar-refractivity contribution in [2.75, 3.05) is 46.9 Å². The van der Waals surface area contributed by atoms with E-state index in [2.05, 4.69) is 0 Å². The number of aryl methyl sites for hydroxylation is 1. The molecular weight excluding hydrogens is 330 g/mol. The van der Waals surface area contributed by atoms with E-state index in [4.69, 9.17) is 4.74 Å². The molecule has 1 fully saturated rings. The van der Waals surface area contributed by atoms with E-state index in [-0.39, 0.29) is 5.91 Å². The first-order valence-corrected chi connectivity index (χ1v) is 9.52. The van der Waals surface area contributed by atoms with Crippen LogP contribution in [0.2, 0.25) is 0 Å². The second kappa shape index (κ2) is 6.70. The molecule has 2 aliphatic heterocycles. The van der Waals surface area contributed by atoms with E-state index in [1.54, 1.807) is 11.0 Å². The topological polar surface area (TPSA) is 70.2 Å². The summed E-state index contributed by atoms with van der Waals surface area (Å²) >= 11 is 0. The van der Waals surface area contributed by atoms with Crippen molar-refractivity contribution < 1.29 is 17.9 Å². The van der Waals surface area contributed by atoms with Crippen molar-refractivity contribution in [1.29, 1.82) is 0 Å². The van der Waals surface area contributed by atoms with Crippen LogP contribution in [-0.2, 0) is 16.6 Å². The molecule has 0 bridgehead atoms. The zero-order chi connectivity index (χ0) is 17.3. The molecule has 8 heteroatoms. The third kappa shape index (κ3) is 3.26. The highest BCUT2D eigenvalue weighted by Gasteiger charge is 2.30. The van der Waals surface area contributed by atoms with Crippen molar-refractivity contribution in [3.8, 4) is 5.75 Å². The number of carbonyl (C=O) groups is 1. The molecular formula is C16H23N3O4S. The van der Waals surface area contributed by atoms with Gasteiger partial charge >= 0.3 is 0 Å². The predicted octanol–water partition coefficient (Wildman–Crippen LogP) is 0.576. The lowest BCUT2D eigenvalue weighted by Crippen LogP contribution is -2.53. The lowest BCUT2D eigenvalue weighted by atomic mass is 10.0. The minimum atomic E-state index is -3.41. The van der Waals surface area contributed by atoms with Crippen LogP contribution in [0.4, 0.5) is 0 Å². The SMILES string of the molecule is CN(C)S(=O)(=O)N1CCN(C(=O)c2ccc3c(c2)CCCO3)CC1. The summed E-state index contributed by atoms with van der Waals surface area (Å²) in [6.07, 6.45) is 1.89. The summed E-state index contributed by atoms with van der Waals surface area (Å²) in [6, 6.07) is 5.55. The Balaban J connectivity index is 1.67. The molecule has 0 aliphatic carbocycles. The molecule has 0 spiro atoms. The number of ether oxygens (including phenoxy) is 1. The van der Waals surface area contributed by atoms with E-state index in [1.807, 2.05) is 12.1 Å². The highest BCUT2D eigenvalue weighted by atomic mass is 32.2. The van der Waals surface area contributed by atoms with Gasteiger partial charge in [0.15, 0.2) is 0 Å². The van der Waals surface area contributed by atoms with Gasteiger partial charge in [0.1, 0.15) is 5.75 Å². The van der Waals surface area contributed by atoms with Gasteiger partial charge in [0.05, 0.1) is 6.61 Å². The number of fused-ring (bicyclic) bond motifs is 1. The van der Waals surface area contributed by atoms with Gasteiger partial charge in [-0.15, -0.1) is 0 Å². The first kappa shape index (κ1) is 17.2. The average molecular weight is 353 g/mol. The average Bonchev–Trinajstić information content (AvgIpc) is 2.60. The summed E-state index contributed by atoms with van der Waals surface area (Å²) in [5.41, 5.74) is 1.71. The molecule has 0 unspecified atom stereocenters. The summed E-state index contributed by atoms with van der Waals surface area (Å²) in [5.74, 6) is 0.810. The van der Waals surface area contributed by atoms with E-state index in [0.717, 1.165) is 30.8 Å². The van der Waals surface area contributed by atoms with Gasteiger partial charge in [0.2, 0.25) is 0 Å². The molecule has 0 atom stereocenters. The minimum absolute atomic E-state index is 0.0507. The van der Waals surface area contributed by atoms with Crippen LogP contribution >= 0.6 is 0 Å². The number of benzene rings is 1. The molecule has 132 valence electrons. The molecule has 0 N–H and O–H groups in total. The first-order chi connectivity index (χ1) is 11.4. The second-order valence-corrected chi connectivity index (χ2v) is 8.40. The van der Waals surface area contributed by atoms with Crippen LogP contribution in [0.1, 0.15) is 22.3 Å². The van der Waals surface area contributed by atoms with E-state index < -0.39 is 10.2 Å². The molecule has 1 aromatic carbocycles. The first-order valence-electron chi connectivity index (χ1n) is 8.12. The van der Waals surface area contributed by atoms with Crippen LogP contribution in [0.5, 0.6) is 5.75 Å². The molecule has 0 aromatic heterocycles. The monoisotopic (exact) mass is 353 g/mol. The summed E-state index contributed by atoms with van der Waals surface area (Å²) < 4.78 is 32.4. The molecule has 1 aromatic rings. The number of hydrogen-bond donors (Lipinski definition) is 0. The van der Waals surface area contributed by atoms with Crippen molar-refractivity contribution in [1.82, 2.24) is 13.5 Å². The maximum absolute atomic E-state index is 12.7. The van der Waals surface area contributed by atoms with E-state index >= 15 is 0 Å². The summed E-state index contributed by atoms with van der Waals surface area (Å²) in [7, 11) is -0.382. The number of hydrogen-bond acceptors (Lipinski definition) is 4. The number of rotatable bonds is 3. The fourth-order valence-electron chi connectivity index (χ4n) is 3.03.